The van der Waals surface area contributed by atoms with Crippen LogP contribution in [0.5, 0.6) is 0 Å². The molecule has 0 radical (unpaired) electrons. The van der Waals surface area contributed by atoms with Crippen molar-refractivity contribution in [2.45, 2.75) is 30.9 Å². The summed E-state index contributed by atoms with van der Waals surface area (Å²) in [4.78, 5) is 0. The second-order valence-electron chi connectivity index (χ2n) is 5.35. The molecule has 5 atom stereocenters. The standard InChI is InChI=1S/C11H22O3Si/c12-4-9(13)6-14-5-8-1-7-2-10(8)11(15)3-7/h7-13H,1-6H2,15H3. The Bertz CT molecular complexity index is 212. The quantitative estimate of drug-likeness (QED) is 0.629. The second kappa shape index (κ2) is 4.95. The van der Waals surface area contributed by atoms with Crippen molar-refractivity contribution in [3.05, 3.63) is 0 Å². The second-order valence-corrected chi connectivity index (χ2v) is 6.83. The summed E-state index contributed by atoms with van der Waals surface area (Å²) in [6, 6.07) is 0. The molecule has 88 valence electrons. The molecule has 2 bridgehead atoms. The number of aliphatic hydroxyl groups excluding tert-OH is 2. The highest BCUT2D eigenvalue weighted by atomic mass is 28.1. The lowest BCUT2D eigenvalue weighted by atomic mass is 9.89. The van der Waals surface area contributed by atoms with Gasteiger partial charge in [0.25, 0.3) is 0 Å². The highest BCUT2D eigenvalue weighted by Crippen LogP contribution is 2.53. The van der Waals surface area contributed by atoms with E-state index in [-0.39, 0.29) is 13.2 Å². The maximum absolute atomic E-state index is 9.15. The molecule has 3 nitrogen and oxygen atoms in total. The zero-order valence-corrected chi connectivity index (χ0v) is 11.4. The van der Waals surface area contributed by atoms with Crippen LogP contribution in [0.25, 0.3) is 0 Å². The van der Waals surface area contributed by atoms with Crippen molar-refractivity contribution in [3.8, 4) is 0 Å². The summed E-state index contributed by atoms with van der Waals surface area (Å²) in [5, 5.41) is 17.8. The maximum atomic E-state index is 9.15. The van der Waals surface area contributed by atoms with Crippen LogP contribution in [0, 0.1) is 17.8 Å². The summed E-state index contributed by atoms with van der Waals surface area (Å²) >= 11 is 0. The van der Waals surface area contributed by atoms with Gasteiger partial charge in [0.1, 0.15) is 6.10 Å². The van der Waals surface area contributed by atoms with Gasteiger partial charge in [0, 0.05) is 16.8 Å². The lowest BCUT2D eigenvalue weighted by molar-refractivity contribution is -0.0104. The number of fused-ring (bicyclic) bond motifs is 2. The number of ether oxygens (including phenoxy) is 1. The van der Waals surface area contributed by atoms with Crippen molar-refractivity contribution in [2.75, 3.05) is 19.8 Å². The van der Waals surface area contributed by atoms with Crippen molar-refractivity contribution >= 4 is 10.2 Å². The topological polar surface area (TPSA) is 49.7 Å². The van der Waals surface area contributed by atoms with Gasteiger partial charge in [-0.05, 0) is 30.6 Å². The fourth-order valence-corrected chi connectivity index (χ4v) is 4.95. The first-order valence-corrected chi connectivity index (χ1v) is 7.22. The normalized spacial score (nSPS) is 41.2. The summed E-state index contributed by atoms with van der Waals surface area (Å²) in [5.41, 5.74) is 1.00. The molecule has 2 rings (SSSR count). The Labute approximate surface area is 94.3 Å². The molecule has 0 heterocycles. The minimum atomic E-state index is -0.699. The fraction of sp³-hybridized carbons (Fsp3) is 1.00. The van der Waals surface area contributed by atoms with Gasteiger partial charge >= 0.3 is 0 Å². The Kier molecular flexibility index (Phi) is 3.82. The lowest BCUT2D eigenvalue weighted by Gasteiger charge is -2.27. The van der Waals surface area contributed by atoms with Gasteiger partial charge in [-0.3, -0.25) is 0 Å². The van der Waals surface area contributed by atoms with E-state index in [0.29, 0.717) is 0 Å². The molecule has 4 heteroatoms. The van der Waals surface area contributed by atoms with E-state index in [2.05, 4.69) is 0 Å². The van der Waals surface area contributed by atoms with E-state index in [1.807, 2.05) is 0 Å². The SMILES string of the molecule is OCC(O)COCC1CC2CC([SiH3])C1C2. The summed E-state index contributed by atoms with van der Waals surface area (Å²) < 4.78 is 5.48. The van der Waals surface area contributed by atoms with Crippen LogP contribution in [0.3, 0.4) is 0 Å². The molecule has 0 aliphatic heterocycles. The molecule has 0 aromatic carbocycles. The Morgan fingerprint density at radius 1 is 1.33 bits per heavy atom. The highest BCUT2D eigenvalue weighted by Gasteiger charge is 2.43. The van der Waals surface area contributed by atoms with Gasteiger partial charge in [-0.15, -0.1) is 0 Å². The molecule has 2 saturated carbocycles. The Morgan fingerprint density at radius 3 is 2.73 bits per heavy atom. The van der Waals surface area contributed by atoms with E-state index in [0.717, 1.165) is 29.9 Å². The molecule has 0 aromatic heterocycles. The smallest absolute Gasteiger partial charge is 0.100 e. The van der Waals surface area contributed by atoms with Crippen LogP contribution in [0.4, 0.5) is 0 Å². The summed E-state index contributed by atoms with van der Waals surface area (Å²) in [7, 11) is 1.33. The van der Waals surface area contributed by atoms with Gasteiger partial charge in [-0.2, -0.15) is 0 Å². The maximum Gasteiger partial charge on any atom is 0.100 e. The predicted octanol–water partition coefficient (Wildman–Crippen LogP) is -0.444. The van der Waals surface area contributed by atoms with Crippen LogP contribution < -0.4 is 0 Å². The molecule has 2 fully saturated rings. The van der Waals surface area contributed by atoms with E-state index >= 15 is 0 Å². The fourth-order valence-electron chi connectivity index (χ4n) is 3.47. The number of aliphatic hydroxyl groups is 2. The number of hydrogen-bond donors (Lipinski definition) is 2. The van der Waals surface area contributed by atoms with Gasteiger partial charge in [0.2, 0.25) is 0 Å². The van der Waals surface area contributed by atoms with Crippen LogP contribution in [-0.4, -0.2) is 46.4 Å². The van der Waals surface area contributed by atoms with Crippen molar-refractivity contribution in [2.24, 2.45) is 17.8 Å². The predicted molar refractivity (Wildman–Crippen MR) is 61.9 cm³/mol. The summed E-state index contributed by atoms with van der Waals surface area (Å²) in [5.74, 6) is 2.61. The molecule has 15 heavy (non-hydrogen) atoms. The molecule has 0 amide bonds. The van der Waals surface area contributed by atoms with E-state index in [9.17, 15) is 0 Å². The molecule has 2 N–H and O–H groups in total. The molecule has 2 aliphatic carbocycles. The van der Waals surface area contributed by atoms with E-state index in [1.165, 1.54) is 29.5 Å². The third kappa shape index (κ3) is 2.61. The lowest BCUT2D eigenvalue weighted by Crippen LogP contribution is -2.25. The van der Waals surface area contributed by atoms with Crippen LogP contribution in [0.15, 0.2) is 0 Å². The molecule has 2 aliphatic rings. The summed E-state index contributed by atoms with van der Waals surface area (Å²) in [6.07, 6.45) is 3.52. The molecule has 0 saturated heterocycles. The van der Waals surface area contributed by atoms with Gasteiger partial charge in [0.15, 0.2) is 0 Å². The average Bonchev–Trinajstić information content (AvgIpc) is 2.75. The third-order valence-corrected chi connectivity index (χ3v) is 5.46. The van der Waals surface area contributed by atoms with Crippen LogP contribution in [-0.2, 0) is 4.74 Å². The zero-order chi connectivity index (χ0) is 10.8. The van der Waals surface area contributed by atoms with Crippen LogP contribution in [0.1, 0.15) is 19.3 Å². The van der Waals surface area contributed by atoms with E-state index < -0.39 is 6.10 Å². The van der Waals surface area contributed by atoms with E-state index in [4.69, 9.17) is 14.9 Å². The zero-order valence-electron chi connectivity index (χ0n) is 9.43. The number of hydrogen-bond acceptors (Lipinski definition) is 3. The first-order valence-electron chi connectivity index (χ1n) is 6.07. The number of rotatable bonds is 5. The third-order valence-electron chi connectivity index (χ3n) is 4.14. The molecule has 0 spiro atoms. The Balaban J connectivity index is 1.68. The highest BCUT2D eigenvalue weighted by molar-refractivity contribution is 6.12. The van der Waals surface area contributed by atoms with Crippen molar-refractivity contribution in [1.82, 2.24) is 0 Å². The van der Waals surface area contributed by atoms with Crippen LogP contribution >= 0.6 is 0 Å². The molecule has 5 unspecified atom stereocenters. The van der Waals surface area contributed by atoms with Crippen molar-refractivity contribution in [3.63, 3.8) is 0 Å². The minimum Gasteiger partial charge on any atom is -0.394 e. The van der Waals surface area contributed by atoms with Gasteiger partial charge in [-0.25, -0.2) is 0 Å². The average molecular weight is 230 g/mol. The first-order chi connectivity index (χ1) is 7.20. The Hall–Kier alpha value is 0.0969. The molecular formula is C11H22O3Si. The minimum absolute atomic E-state index is 0.194. The Morgan fingerprint density at radius 2 is 2.13 bits per heavy atom. The van der Waals surface area contributed by atoms with E-state index in [1.54, 1.807) is 0 Å². The van der Waals surface area contributed by atoms with Crippen molar-refractivity contribution in [1.29, 1.82) is 0 Å². The molecule has 0 aromatic rings. The first kappa shape index (κ1) is 11.6. The van der Waals surface area contributed by atoms with Gasteiger partial charge in [0.05, 0.1) is 13.2 Å². The molecular weight excluding hydrogens is 208 g/mol. The van der Waals surface area contributed by atoms with Gasteiger partial charge in [-0.1, -0.05) is 12.0 Å². The van der Waals surface area contributed by atoms with Gasteiger partial charge < -0.3 is 14.9 Å². The monoisotopic (exact) mass is 230 g/mol. The summed E-state index contributed by atoms with van der Waals surface area (Å²) in [6.45, 7) is 0.882. The van der Waals surface area contributed by atoms with Crippen LogP contribution in [0.2, 0.25) is 5.54 Å². The largest absolute Gasteiger partial charge is 0.394 e. The van der Waals surface area contributed by atoms with Crippen molar-refractivity contribution < 1.29 is 14.9 Å².